The first-order valence-corrected chi connectivity index (χ1v) is 5.44. The number of rotatable bonds is 5. The Labute approximate surface area is 101 Å². The van der Waals surface area contributed by atoms with Gasteiger partial charge in [0.1, 0.15) is 17.7 Å². The van der Waals surface area contributed by atoms with Gasteiger partial charge in [0, 0.05) is 0 Å². The Bertz CT molecular complexity index is 364. The van der Waals surface area contributed by atoms with Gasteiger partial charge in [-0.25, -0.2) is 14.8 Å². The zero-order valence-electron chi connectivity index (χ0n) is 10.3. The summed E-state index contributed by atoms with van der Waals surface area (Å²) in [5, 5.41) is 2.98. The Hall–Kier alpha value is -1.85. The SMILES string of the molecule is COC(=O)C(CC(C)C)Nc1cnc(N)cn1. The van der Waals surface area contributed by atoms with E-state index in [9.17, 15) is 4.79 Å². The Balaban J connectivity index is 2.71. The predicted octanol–water partition coefficient (Wildman–Crippen LogP) is 1.06. The highest BCUT2D eigenvalue weighted by Crippen LogP contribution is 2.12. The van der Waals surface area contributed by atoms with Crippen molar-refractivity contribution in [1.82, 2.24) is 9.97 Å². The lowest BCUT2D eigenvalue weighted by molar-refractivity contribution is -0.141. The minimum atomic E-state index is -0.419. The molecule has 0 radical (unpaired) electrons. The van der Waals surface area contributed by atoms with E-state index in [1.54, 1.807) is 0 Å². The van der Waals surface area contributed by atoms with E-state index < -0.39 is 6.04 Å². The Morgan fingerprint density at radius 1 is 1.47 bits per heavy atom. The second-order valence-corrected chi connectivity index (χ2v) is 4.18. The minimum Gasteiger partial charge on any atom is -0.467 e. The van der Waals surface area contributed by atoms with Crippen LogP contribution < -0.4 is 11.1 Å². The van der Waals surface area contributed by atoms with Crippen LogP contribution in [-0.4, -0.2) is 29.1 Å². The number of methoxy groups -OCH3 is 1. The predicted molar refractivity (Wildman–Crippen MR) is 65.3 cm³/mol. The van der Waals surface area contributed by atoms with E-state index in [0.29, 0.717) is 24.0 Å². The molecule has 0 aromatic carbocycles. The normalized spacial score (nSPS) is 12.2. The van der Waals surface area contributed by atoms with Crippen LogP contribution in [0.15, 0.2) is 12.4 Å². The van der Waals surface area contributed by atoms with Gasteiger partial charge >= 0.3 is 5.97 Å². The molecule has 0 saturated heterocycles. The number of carbonyl (C=O) groups excluding carboxylic acids is 1. The Morgan fingerprint density at radius 2 is 2.18 bits per heavy atom. The third kappa shape index (κ3) is 4.26. The van der Waals surface area contributed by atoms with Crippen LogP contribution in [0.5, 0.6) is 0 Å². The second kappa shape index (κ2) is 6.03. The quantitative estimate of drug-likeness (QED) is 0.745. The summed E-state index contributed by atoms with van der Waals surface area (Å²) >= 11 is 0. The number of aromatic nitrogens is 2. The van der Waals surface area contributed by atoms with Crippen LogP contribution in [-0.2, 0) is 9.53 Å². The topological polar surface area (TPSA) is 90.1 Å². The molecule has 1 heterocycles. The average molecular weight is 238 g/mol. The highest BCUT2D eigenvalue weighted by atomic mass is 16.5. The number of hydrogen-bond acceptors (Lipinski definition) is 6. The van der Waals surface area contributed by atoms with Crippen LogP contribution in [0.1, 0.15) is 20.3 Å². The lowest BCUT2D eigenvalue weighted by atomic mass is 10.0. The molecular formula is C11H18N4O2. The van der Waals surface area contributed by atoms with Crippen molar-refractivity contribution < 1.29 is 9.53 Å². The Kier molecular flexibility index (Phi) is 4.68. The number of hydrogen-bond donors (Lipinski definition) is 2. The van der Waals surface area contributed by atoms with Gasteiger partial charge < -0.3 is 15.8 Å². The first-order chi connectivity index (χ1) is 8.02. The number of ether oxygens (including phenoxy) is 1. The van der Waals surface area contributed by atoms with Gasteiger partial charge in [0.2, 0.25) is 0 Å². The number of nitrogen functional groups attached to an aromatic ring is 1. The van der Waals surface area contributed by atoms with E-state index in [2.05, 4.69) is 15.3 Å². The van der Waals surface area contributed by atoms with Crippen LogP contribution >= 0.6 is 0 Å². The van der Waals surface area contributed by atoms with Crippen LogP contribution in [0.2, 0.25) is 0 Å². The molecule has 1 atom stereocenters. The third-order valence-corrected chi connectivity index (χ3v) is 2.19. The summed E-state index contributed by atoms with van der Waals surface area (Å²) in [6.45, 7) is 4.07. The molecular weight excluding hydrogens is 220 g/mol. The van der Waals surface area contributed by atoms with Crippen LogP contribution in [0.4, 0.5) is 11.6 Å². The summed E-state index contributed by atoms with van der Waals surface area (Å²) in [4.78, 5) is 19.5. The van der Waals surface area contributed by atoms with E-state index in [1.165, 1.54) is 19.5 Å². The fraction of sp³-hybridized carbons (Fsp3) is 0.545. The summed E-state index contributed by atoms with van der Waals surface area (Å²) in [5.41, 5.74) is 5.43. The van der Waals surface area contributed by atoms with Crippen molar-refractivity contribution in [2.24, 2.45) is 5.92 Å². The summed E-state index contributed by atoms with van der Waals surface area (Å²) in [6.07, 6.45) is 3.59. The average Bonchev–Trinajstić information content (AvgIpc) is 2.29. The summed E-state index contributed by atoms with van der Waals surface area (Å²) in [6, 6.07) is -0.419. The van der Waals surface area contributed by atoms with Gasteiger partial charge in [-0.05, 0) is 12.3 Å². The van der Waals surface area contributed by atoms with Crippen molar-refractivity contribution in [3.63, 3.8) is 0 Å². The molecule has 0 aliphatic heterocycles. The van der Waals surface area contributed by atoms with Gasteiger partial charge in [-0.2, -0.15) is 0 Å². The zero-order valence-corrected chi connectivity index (χ0v) is 10.3. The van der Waals surface area contributed by atoms with Gasteiger partial charge in [0.15, 0.2) is 0 Å². The van der Waals surface area contributed by atoms with E-state index >= 15 is 0 Å². The van der Waals surface area contributed by atoms with Gasteiger partial charge in [-0.1, -0.05) is 13.8 Å². The molecule has 1 aromatic heterocycles. The number of nitrogens with two attached hydrogens (primary N) is 1. The van der Waals surface area contributed by atoms with Crippen LogP contribution in [0.3, 0.4) is 0 Å². The van der Waals surface area contributed by atoms with Crippen molar-refractivity contribution in [1.29, 1.82) is 0 Å². The van der Waals surface area contributed by atoms with Crippen molar-refractivity contribution in [2.45, 2.75) is 26.3 Å². The molecule has 1 rings (SSSR count). The summed E-state index contributed by atoms with van der Waals surface area (Å²) in [7, 11) is 1.37. The molecule has 0 aliphatic rings. The molecule has 0 amide bonds. The highest BCUT2D eigenvalue weighted by molar-refractivity contribution is 5.78. The number of esters is 1. The third-order valence-electron chi connectivity index (χ3n) is 2.19. The lowest BCUT2D eigenvalue weighted by Gasteiger charge is -2.18. The maximum atomic E-state index is 11.6. The molecule has 0 saturated carbocycles. The Morgan fingerprint density at radius 3 is 2.65 bits per heavy atom. The number of nitrogens with one attached hydrogen (secondary N) is 1. The lowest BCUT2D eigenvalue weighted by Crippen LogP contribution is -2.32. The van der Waals surface area contributed by atoms with E-state index in [-0.39, 0.29) is 5.97 Å². The highest BCUT2D eigenvalue weighted by Gasteiger charge is 2.20. The first kappa shape index (κ1) is 13.2. The zero-order chi connectivity index (χ0) is 12.8. The summed E-state index contributed by atoms with van der Waals surface area (Å²) < 4.78 is 4.73. The van der Waals surface area contributed by atoms with Gasteiger partial charge in [0.05, 0.1) is 19.5 Å². The molecule has 3 N–H and O–H groups in total. The van der Waals surface area contributed by atoms with E-state index in [0.717, 1.165) is 0 Å². The largest absolute Gasteiger partial charge is 0.467 e. The van der Waals surface area contributed by atoms with Crippen molar-refractivity contribution in [2.75, 3.05) is 18.2 Å². The second-order valence-electron chi connectivity index (χ2n) is 4.18. The van der Waals surface area contributed by atoms with Crippen LogP contribution in [0.25, 0.3) is 0 Å². The van der Waals surface area contributed by atoms with Gasteiger partial charge in [-0.15, -0.1) is 0 Å². The van der Waals surface area contributed by atoms with Crippen molar-refractivity contribution in [3.8, 4) is 0 Å². The molecule has 1 aromatic rings. The fourth-order valence-corrected chi connectivity index (χ4v) is 1.42. The van der Waals surface area contributed by atoms with Gasteiger partial charge in [-0.3, -0.25) is 0 Å². The number of carbonyl (C=O) groups is 1. The number of anilines is 2. The standard InChI is InChI=1S/C11H18N4O2/c1-7(2)4-8(11(16)17-3)15-10-6-13-9(12)5-14-10/h5-8H,4H2,1-3H3,(H2,12,13)(H,14,15). The van der Waals surface area contributed by atoms with Crippen molar-refractivity contribution >= 4 is 17.6 Å². The number of nitrogens with zero attached hydrogens (tertiary/aromatic N) is 2. The maximum absolute atomic E-state index is 11.6. The fourth-order valence-electron chi connectivity index (χ4n) is 1.42. The molecule has 0 fully saturated rings. The first-order valence-electron chi connectivity index (χ1n) is 5.44. The smallest absolute Gasteiger partial charge is 0.328 e. The minimum absolute atomic E-state index is 0.308. The molecule has 0 spiro atoms. The van der Waals surface area contributed by atoms with E-state index in [4.69, 9.17) is 10.5 Å². The maximum Gasteiger partial charge on any atom is 0.328 e. The van der Waals surface area contributed by atoms with Gasteiger partial charge in [0.25, 0.3) is 0 Å². The molecule has 0 bridgehead atoms. The van der Waals surface area contributed by atoms with E-state index in [1.807, 2.05) is 13.8 Å². The summed E-state index contributed by atoms with van der Waals surface area (Å²) in [5.74, 6) is 0.912. The molecule has 0 aliphatic carbocycles. The molecule has 6 nitrogen and oxygen atoms in total. The molecule has 1 unspecified atom stereocenters. The van der Waals surface area contributed by atoms with Crippen molar-refractivity contribution in [3.05, 3.63) is 12.4 Å². The monoisotopic (exact) mass is 238 g/mol. The molecule has 17 heavy (non-hydrogen) atoms. The van der Waals surface area contributed by atoms with Crippen LogP contribution in [0, 0.1) is 5.92 Å². The molecule has 94 valence electrons. The molecule has 6 heteroatoms.